The van der Waals surface area contributed by atoms with Crippen LogP contribution in [0.4, 0.5) is 0 Å². The highest BCUT2D eigenvalue weighted by Gasteiger charge is 1.98. The second kappa shape index (κ2) is 6.41. The van der Waals surface area contributed by atoms with Crippen molar-refractivity contribution in [2.45, 2.75) is 40.0 Å². The molecular formula is C10H19O. The number of rotatable bonds is 5. The lowest BCUT2D eigenvalue weighted by atomic mass is 10.0. The third-order valence-electron chi connectivity index (χ3n) is 1.82. The first-order valence-electron chi connectivity index (χ1n) is 4.38. The van der Waals surface area contributed by atoms with E-state index in [9.17, 15) is 5.11 Å². The maximum Gasteiger partial charge on any atom is 0.0824 e. The van der Waals surface area contributed by atoms with Crippen LogP contribution in [0.5, 0.6) is 0 Å². The van der Waals surface area contributed by atoms with E-state index in [4.69, 9.17) is 0 Å². The molecule has 0 unspecified atom stereocenters. The van der Waals surface area contributed by atoms with Crippen molar-refractivity contribution >= 4 is 0 Å². The summed E-state index contributed by atoms with van der Waals surface area (Å²) < 4.78 is 0. The van der Waals surface area contributed by atoms with E-state index in [1.165, 1.54) is 5.57 Å². The summed E-state index contributed by atoms with van der Waals surface area (Å²) in [6, 6.07) is 0. The van der Waals surface area contributed by atoms with Crippen LogP contribution in [0.1, 0.15) is 40.0 Å². The lowest BCUT2D eigenvalue weighted by Gasteiger charge is -2.05. The maximum atomic E-state index is 10.2. The lowest BCUT2D eigenvalue weighted by molar-refractivity contribution is 0.171. The third kappa shape index (κ3) is 7.60. The van der Waals surface area contributed by atoms with Crippen LogP contribution in [0.3, 0.4) is 0 Å². The van der Waals surface area contributed by atoms with E-state index in [-0.39, 0.29) is 6.61 Å². The molecule has 0 heterocycles. The fraction of sp³-hybridized carbons (Fsp3) is 0.800. The zero-order valence-corrected chi connectivity index (χ0v) is 7.89. The standard InChI is InChI=1S/C10H19O/c1-9(2)5-4-6-10(3)7-8-11/h5,10H,4,6-8H2,1-3H3/t10-/m0/s1. The molecule has 0 aliphatic carbocycles. The van der Waals surface area contributed by atoms with Crippen molar-refractivity contribution in [2.75, 3.05) is 6.61 Å². The van der Waals surface area contributed by atoms with Gasteiger partial charge in [-0.25, -0.2) is 5.11 Å². The zero-order valence-electron chi connectivity index (χ0n) is 7.89. The van der Waals surface area contributed by atoms with Gasteiger partial charge in [-0.15, -0.1) is 0 Å². The van der Waals surface area contributed by atoms with Gasteiger partial charge < -0.3 is 0 Å². The molecule has 0 saturated carbocycles. The van der Waals surface area contributed by atoms with E-state index < -0.39 is 0 Å². The Labute approximate surface area is 70.1 Å². The van der Waals surface area contributed by atoms with E-state index in [0.717, 1.165) is 19.3 Å². The van der Waals surface area contributed by atoms with Gasteiger partial charge in [-0.2, -0.15) is 0 Å². The average molecular weight is 155 g/mol. The quantitative estimate of drug-likeness (QED) is 0.543. The second-order valence-corrected chi connectivity index (χ2v) is 3.46. The van der Waals surface area contributed by atoms with Crippen LogP contribution in [-0.4, -0.2) is 6.61 Å². The summed E-state index contributed by atoms with van der Waals surface area (Å²) in [5.41, 5.74) is 1.37. The summed E-state index contributed by atoms with van der Waals surface area (Å²) in [4.78, 5) is 0. The minimum atomic E-state index is 0.0794. The van der Waals surface area contributed by atoms with Gasteiger partial charge in [0.1, 0.15) is 0 Å². The number of hydrogen-bond acceptors (Lipinski definition) is 0. The third-order valence-corrected chi connectivity index (χ3v) is 1.82. The van der Waals surface area contributed by atoms with E-state index in [2.05, 4.69) is 26.8 Å². The Morgan fingerprint density at radius 2 is 2.00 bits per heavy atom. The SMILES string of the molecule is CC(C)=CCC[C@H](C)CC[O]. The van der Waals surface area contributed by atoms with E-state index in [1.807, 2.05) is 0 Å². The molecule has 0 N–H and O–H groups in total. The zero-order chi connectivity index (χ0) is 8.69. The van der Waals surface area contributed by atoms with Crippen molar-refractivity contribution in [3.05, 3.63) is 11.6 Å². The Morgan fingerprint density at radius 3 is 2.45 bits per heavy atom. The predicted octanol–water partition coefficient (Wildman–Crippen LogP) is 3.19. The highest BCUT2D eigenvalue weighted by atomic mass is 16.2. The molecule has 0 aromatic heterocycles. The smallest absolute Gasteiger partial charge is 0.0824 e. The molecule has 0 saturated heterocycles. The molecule has 0 aliphatic heterocycles. The maximum absolute atomic E-state index is 10.2. The van der Waals surface area contributed by atoms with Gasteiger partial charge in [0.15, 0.2) is 0 Å². The van der Waals surface area contributed by atoms with Gasteiger partial charge in [-0.1, -0.05) is 18.6 Å². The van der Waals surface area contributed by atoms with Crippen LogP contribution in [-0.2, 0) is 5.11 Å². The fourth-order valence-electron chi connectivity index (χ4n) is 1.00. The van der Waals surface area contributed by atoms with Gasteiger partial charge in [-0.05, 0) is 39.0 Å². The molecule has 1 radical (unpaired) electrons. The van der Waals surface area contributed by atoms with Crippen molar-refractivity contribution in [2.24, 2.45) is 5.92 Å². The first-order chi connectivity index (χ1) is 5.16. The Morgan fingerprint density at radius 1 is 1.36 bits per heavy atom. The fourth-order valence-corrected chi connectivity index (χ4v) is 1.00. The minimum absolute atomic E-state index is 0.0794. The van der Waals surface area contributed by atoms with Crippen molar-refractivity contribution < 1.29 is 5.11 Å². The molecule has 0 aromatic carbocycles. The Balaban J connectivity index is 3.31. The van der Waals surface area contributed by atoms with Crippen molar-refractivity contribution in [3.63, 3.8) is 0 Å². The van der Waals surface area contributed by atoms with Crippen LogP contribution in [0.25, 0.3) is 0 Å². The van der Waals surface area contributed by atoms with Gasteiger partial charge in [-0.3, -0.25) is 0 Å². The molecule has 0 rings (SSSR count). The van der Waals surface area contributed by atoms with Crippen LogP contribution in [0.2, 0.25) is 0 Å². The normalized spacial score (nSPS) is 12.7. The molecule has 0 amide bonds. The summed E-state index contributed by atoms with van der Waals surface area (Å²) in [7, 11) is 0. The van der Waals surface area contributed by atoms with Gasteiger partial charge in [0.25, 0.3) is 0 Å². The molecule has 65 valence electrons. The largest absolute Gasteiger partial charge is 0.237 e. The molecule has 1 heteroatoms. The molecule has 0 aliphatic rings. The summed E-state index contributed by atoms with van der Waals surface area (Å²) in [5.74, 6) is 0.600. The van der Waals surface area contributed by atoms with Crippen LogP contribution in [0, 0.1) is 5.92 Å². The molecule has 1 nitrogen and oxygen atoms in total. The summed E-state index contributed by atoms with van der Waals surface area (Å²) in [6.07, 6.45) is 5.36. The summed E-state index contributed by atoms with van der Waals surface area (Å²) in [5, 5.41) is 10.2. The number of allylic oxidation sites excluding steroid dienone is 2. The predicted molar refractivity (Wildman–Crippen MR) is 48.0 cm³/mol. The first-order valence-corrected chi connectivity index (χ1v) is 4.38. The number of hydrogen-bond donors (Lipinski definition) is 0. The first kappa shape index (κ1) is 10.7. The van der Waals surface area contributed by atoms with Crippen LogP contribution in [0.15, 0.2) is 11.6 Å². The molecule has 0 fully saturated rings. The lowest BCUT2D eigenvalue weighted by Crippen LogP contribution is -1.96. The Hall–Kier alpha value is -0.300. The van der Waals surface area contributed by atoms with Gasteiger partial charge in [0.2, 0.25) is 0 Å². The van der Waals surface area contributed by atoms with E-state index in [1.54, 1.807) is 0 Å². The van der Waals surface area contributed by atoms with E-state index in [0.29, 0.717) is 5.92 Å². The molecular weight excluding hydrogens is 136 g/mol. The summed E-state index contributed by atoms with van der Waals surface area (Å²) in [6.45, 7) is 6.45. The van der Waals surface area contributed by atoms with Gasteiger partial charge in [0, 0.05) is 0 Å². The molecule has 0 aromatic rings. The highest BCUT2D eigenvalue weighted by molar-refractivity contribution is 4.92. The molecule has 1 atom stereocenters. The van der Waals surface area contributed by atoms with Crippen LogP contribution < -0.4 is 0 Å². The van der Waals surface area contributed by atoms with Crippen molar-refractivity contribution in [3.8, 4) is 0 Å². The van der Waals surface area contributed by atoms with Gasteiger partial charge >= 0.3 is 0 Å². The highest BCUT2D eigenvalue weighted by Crippen LogP contribution is 2.10. The summed E-state index contributed by atoms with van der Waals surface area (Å²) >= 11 is 0. The van der Waals surface area contributed by atoms with Crippen LogP contribution >= 0.6 is 0 Å². The topological polar surface area (TPSA) is 19.9 Å². The second-order valence-electron chi connectivity index (χ2n) is 3.46. The Bertz CT molecular complexity index is 112. The average Bonchev–Trinajstić information content (AvgIpc) is 1.87. The molecule has 0 spiro atoms. The van der Waals surface area contributed by atoms with Crippen molar-refractivity contribution in [1.29, 1.82) is 0 Å². The minimum Gasteiger partial charge on any atom is -0.237 e. The van der Waals surface area contributed by atoms with E-state index >= 15 is 0 Å². The monoisotopic (exact) mass is 155 g/mol. The van der Waals surface area contributed by atoms with Crippen molar-refractivity contribution in [1.82, 2.24) is 0 Å². The van der Waals surface area contributed by atoms with Gasteiger partial charge in [0.05, 0.1) is 6.61 Å². The Kier molecular flexibility index (Phi) is 6.24. The molecule has 0 bridgehead atoms. The molecule has 11 heavy (non-hydrogen) atoms.